The molecule has 1 aromatic heterocycles. The first-order chi connectivity index (χ1) is 9.55. The van der Waals surface area contributed by atoms with Gasteiger partial charge in [-0.25, -0.2) is 4.98 Å². The minimum absolute atomic E-state index is 0.129. The largest absolute Gasteiger partial charge is 0.449 e. The molecule has 0 unspecified atom stereocenters. The first kappa shape index (κ1) is 12.7. The smallest absolute Gasteiger partial charge is 0.316 e. The molecule has 0 atom stereocenters. The Morgan fingerprint density at radius 3 is 2.45 bits per heavy atom. The monoisotopic (exact) mass is 275 g/mol. The number of hydrogen-bond acceptors (Lipinski definition) is 1. The normalized spacial score (nSPS) is 11.9. The van der Waals surface area contributed by atoms with Crippen molar-refractivity contribution in [2.45, 2.75) is 12.7 Å². The number of halogens is 3. The Labute approximate surface area is 113 Å². The molecule has 3 rings (SSSR count). The summed E-state index contributed by atoms with van der Waals surface area (Å²) in [7, 11) is 0. The van der Waals surface area contributed by atoms with Crippen LogP contribution in [0.4, 0.5) is 13.2 Å². The molecule has 0 aliphatic rings. The Morgan fingerprint density at radius 1 is 1.05 bits per heavy atom. The highest BCUT2D eigenvalue weighted by Gasteiger charge is 2.37. The van der Waals surface area contributed by atoms with Crippen LogP contribution in [-0.2, 0) is 12.7 Å². The first-order valence-electron chi connectivity index (χ1n) is 6.03. The molecule has 101 valence electrons. The maximum atomic E-state index is 13.1. The van der Waals surface area contributed by atoms with Crippen LogP contribution in [-0.4, -0.2) is 9.55 Å². The molecule has 1 radical (unpaired) electrons. The minimum atomic E-state index is -4.47. The number of para-hydroxylation sites is 2. The van der Waals surface area contributed by atoms with Crippen molar-refractivity contribution >= 4 is 11.0 Å². The predicted octanol–water partition coefficient (Wildman–Crippen LogP) is 3.90. The van der Waals surface area contributed by atoms with Gasteiger partial charge < -0.3 is 4.57 Å². The van der Waals surface area contributed by atoms with Gasteiger partial charge in [0.25, 0.3) is 0 Å². The van der Waals surface area contributed by atoms with E-state index in [9.17, 15) is 13.2 Å². The summed E-state index contributed by atoms with van der Waals surface area (Å²) in [5, 5.41) is 0. The zero-order valence-electron chi connectivity index (χ0n) is 10.4. The van der Waals surface area contributed by atoms with E-state index in [0.29, 0.717) is 11.0 Å². The molecule has 0 N–H and O–H groups in total. The summed E-state index contributed by atoms with van der Waals surface area (Å²) in [6.45, 7) is 0.129. The van der Waals surface area contributed by atoms with Gasteiger partial charge in [-0.05, 0) is 23.8 Å². The van der Waals surface area contributed by atoms with E-state index in [1.165, 1.54) is 4.57 Å². The average molecular weight is 275 g/mol. The van der Waals surface area contributed by atoms with Crippen LogP contribution in [0.1, 0.15) is 11.4 Å². The Morgan fingerprint density at radius 2 is 1.75 bits per heavy atom. The third-order valence-electron chi connectivity index (χ3n) is 3.04. The molecule has 0 bridgehead atoms. The van der Waals surface area contributed by atoms with Gasteiger partial charge in [0.15, 0.2) is 0 Å². The molecule has 0 spiro atoms. The maximum absolute atomic E-state index is 13.1. The van der Waals surface area contributed by atoms with Crippen LogP contribution in [0.15, 0.2) is 48.5 Å². The van der Waals surface area contributed by atoms with Gasteiger partial charge in [0, 0.05) is 6.54 Å². The molecule has 1 heterocycles. The Balaban J connectivity index is 2.16. The summed E-state index contributed by atoms with van der Waals surface area (Å²) in [4.78, 5) is 3.71. The van der Waals surface area contributed by atoms with E-state index in [0.717, 1.165) is 5.56 Å². The number of alkyl halides is 3. The second-order valence-electron chi connectivity index (χ2n) is 4.42. The molecule has 5 heteroatoms. The molecular formula is C15H10F3N2. The second kappa shape index (κ2) is 4.67. The maximum Gasteiger partial charge on any atom is 0.449 e. The molecule has 20 heavy (non-hydrogen) atoms. The molecule has 0 aliphatic heterocycles. The van der Waals surface area contributed by atoms with Crippen LogP contribution in [0.25, 0.3) is 11.0 Å². The summed E-state index contributed by atoms with van der Waals surface area (Å²) in [6.07, 6.45) is -4.47. The van der Waals surface area contributed by atoms with E-state index >= 15 is 0 Å². The van der Waals surface area contributed by atoms with E-state index in [2.05, 4.69) is 11.1 Å². The first-order valence-corrected chi connectivity index (χ1v) is 6.03. The predicted molar refractivity (Wildman–Crippen MR) is 69.1 cm³/mol. The highest BCUT2D eigenvalue weighted by molar-refractivity contribution is 5.76. The van der Waals surface area contributed by atoms with Crippen LogP contribution in [0, 0.1) is 6.07 Å². The van der Waals surface area contributed by atoms with Crippen molar-refractivity contribution in [3.63, 3.8) is 0 Å². The van der Waals surface area contributed by atoms with E-state index in [4.69, 9.17) is 0 Å². The molecule has 0 saturated heterocycles. The molecule has 0 fully saturated rings. The molecule has 0 amide bonds. The van der Waals surface area contributed by atoms with Crippen LogP contribution in [0.2, 0.25) is 0 Å². The van der Waals surface area contributed by atoms with Crippen molar-refractivity contribution in [1.82, 2.24) is 9.55 Å². The third-order valence-corrected chi connectivity index (χ3v) is 3.04. The quantitative estimate of drug-likeness (QED) is 0.693. The van der Waals surface area contributed by atoms with Gasteiger partial charge in [-0.2, -0.15) is 13.2 Å². The average Bonchev–Trinajstić information content (AvgIpc) is 2.79. The fourth-order valence-corrected chi connectivity index (χ4v) is 2.16. The lowest BCUT2D eigenvalue weighted by molar-refractivity contribution is -0.146. The lowest BCUT2D eigenvalue weighted by atomic mass is 10.2. The molecule has 0 aliphatic carbocycles. The van der Waals surface area contributed by atoms with Crippen LogP contribution >= 0.6 is 0 Å². The van der Waals surface area contributed by atoms with Crippen molar-refractivity contribution in [2.24, 2.45) is 0 Å². The second-order valence-corrected chi connectivity index (χ2v) is 4.42. The lowest BCUT2D eigenvalue weighted by Gasteiger charge is -2.11. The van der Waals surface area contributed by atoms with Gasteiger partial charge >= 0.3 is 6.18 Å². The van der Waals surface area contributed by atoms with Crippen molar-refractivity contribution < 1.29 is 13.2 Å². The summed E-state index contributed by atoms with van der Waals surface area (Å²) in [5.41, 5.74) is 1.60. The van der Waals surface area contributed by atoms with Gasteiger partial charge in [0.2, 0.25) is 5.82 Å². The zero-order valence-corrected chi connectivity index (χ0v) is 10.4. The standard InChI is InChI=1S/C15H10F3N2/c16-15(17,18)14-19-12-8-4-5-9-13(12)20(14)10-11-6-2-1-3-7-11/h2-9H,10H2. The molecular weight excluding hydrogens is 265 g/mol. The number of aromatic nitrogens is 2. The van der Waals surface area contributed by atoms with Crippen LogP contribution in [0.3, 0.4) is 0 Å². The van der Waals surface area contributed by atoms with Crippen LogP contribution in [0.5, 0.6) is 0 Å². The summed E-state index contributed by atoms with van der Waals surface area (Å²) in [5.74, 6) is -0.869. The number of imidazole rings is 1. The number of nitrogens with zero attached hydrogens (tertiary/aromatic N) is 2. The van der Waals surface area contributed by atoms with Gasteiger partial charge in [0.05, 0.1) is 11.0 Å². The van der Waals surface area contributed by atoms with Gasteiger partial charge in [-0.15, -0.1) is 0 Å². The van der Waals surface area contributed by atoms with Crippen molar-refractivity contribution in [3.8, 4) is 0 Å². The minimum Gasteiger partial charge on any atom is -0.316 e. The number of benzene rings is 2. The Kier molecular flexibility index (Phi) is 2.97. The topological polar surface area (TPSA) is 17.8 Å². The fourth-order valence-electron chi connectivity index (χ4n) is 2.16. The van der Waals surface area contributed by atoms with E-state index in [1.54, 1.807) is 48.5 Å². The van der Waals surface area contributed by atoms with Crippen molar-refractivity contribution in [3.05, 3.63) is 66.0 Å². The van der Waals surface area contributed by atoms with E-state index in [-0.39, 0.29) is 6.54 Å². The van der Waals surface area contributed by atoms with Gasteiger partial charge in [0.1, 0.15) is 0 Å². The number of rotatable bonds is 2. The third kappa shape index (κ3) is 2.27. The molecule has 2 aromatic carbocycles. The summed E-state index contributed by atoms with van der Waals surface area (Å²) >= 11 is 0. The molecule has 0 saturated carbocycles. The molecule has 2 nitrogen and oxygen atoms in total. The SMILES string of the molecule is FC(F)(F)c1nc2ccccc2n1Cc1cc[c]cc1. The highest BCUT2D eigenvalue weighted by atomic mass is 19.4. The molecule has 3 aromatic rings. The number of fused-ring (bicyclic) bond motifs is 1. The van der Waals surface area contributed by atoms with E-state index in [1.807, 2.05) is 0 Å². The number of hydrogen-bond donors (Lipinski definition) is 0. The van der Waals surface area contributed by atoms with Gasteiger partial charge in [-0.3, -0.25) is 0 Å². The lowest BCUT2D eigenvalue weighted by Crippen LogP contribution is -2.15. The van der Waals surface area contributed by atoms with E-state index < -0.39 is 12.0 Å². The Bertz CT molecular complexity index is 730. The summed E-state index contributed by atoms with van der Waals surface area (Å²) in [6, 6.07) is 16.3. The van der Waals surface area contributed by atoms with Crippen molar-refractivity contribution in [1.29, 1.82) is 0 Å². The fraction of sp³-hybridized carbons (Fsp3) is 0.133. The van der Waals surface area contributed by atoms with Gasteiger partial charge in [-0.1, -0.05) is 36.4 Å². The Hall–Kier alpha value is -2.30. The van der Waals surface area contributed by atoms with Crippen LogP contribution < -0.4 is 0 Å². The summed E-state index contributed by atoms with van der Waals surface area (Å²) < 4.78 is 40.5. The van der Waals surface area contributed by atoms with Crippen molar-refractivity contribution in [2.75, 3.05) is 0 Å². The highest BCUT2D eigenvalue weighted by Crippen LogP contribution is 2.31. The zero-order chi connectivity index (χ0) is 14.2.